The molecule has 2 rings (SSSR count). The molecule has 0 radical (unpaired) electrons. The maximum atomic E-state index is 11.7. The zero-order valence-corrected chi connectivity index (χ0v) is 13.0. The van der Waals surface area contributed by atoms with Gasteiger partial charge in [-0.25, -0.2) is 0 Å². The lowest BCUT2D eigenvalue weighted by Crippen LogP contribution is -2.33. The van der Waals surface area contributed by atoms with Crippen LogP contribution in [0.1, 0.15) is 10.6 Å². The summed E-state index contributed by atoms with van der Waals surface area (Å²) in [6.07, 6.45) is 0.806. The van der Waals surface area contributed by atoms with Gasteiger partial charge in [0.2, 0.25) is 11.1 Å². The summed E-state index contributed by atoms with van der Waals surface area (Å²) in [4.78, 5) is 24.5. The second kappa shape index (κ2) is 7.23. The fraction of sp³-hybridized carbons (Fsp3) is 0.333. The van der Waals surface area contributed by atoms with E-state index in [1.54, 1.807) is 11.3 Å². The first-order valence-electron chi connectivity index (χ1n) is 6.21. The Balaban J connectivity index is 1.79. The molecule has 3 N–H and O–H groups in total. The minimum Gasteiger partial charge on any atom is -0.355 e. The van der Waals surface area contributed by atoms with Gasteiger partial charge in [0.25, 0.3) is 5.56 Å². The number of hydrogen-bond donors (Lipinski definition) is 2. The van der Waals surface area contributed by atoms with Gasteiger partial charge in [-0.1, -0.05) is 17.8 Å². The summed E-state index contributed by atoms with van der Waals surface area (Å²) in [5, 5.41) is 12.5. The predicted octanol–water partition coefficient (Wildman–Crippen LogP) is 0.173. The molecule has 0 aliphatic carbocycles. The van der Waals surface area contributed by atoms with Crippen LogP contribution >= 0.6 is 23.1 Å². The lowest BCUT2D eigenvalue weighted by atomic mass is 10.3. The first-order valence-corrected chi connectivity index (χ1v) is 8.07. The number of hydrogen-bond acceptors (Lipinski definition) is 7. The smallest absolute Gasteiger partial charge is 0.294 e. The maximum Gasteiger partial charge on any atom is 0.294 e. The Bertz CT molecular complexity index is 669. The number of carbonyl (C=O) groups excluding carboxylic acids is 1. The molecule has 0 aromatic carbocycles. The standard InChI is InChI=1S/C12H15N5O2S2/c1-8-11(19)17(13)12(16-15-8)21-7-10(18)14-5-4-9-3-2-6-20-9/h2-3,6H,4-5,7,13H2,1H3,(H,14,18). The zero-order chi connectivity index (χ0) is 15.2. The average molecular weight is 325 g/mol. The van der Waals surface area contributed by atoms with Gasteiger partial charge in [0, 0.05) is 11.4 Å². The Morgan fingerprint density at radius 3 is 3.05 bits per heavy atom. The van der Waals surface area contributed by atoms with E-state index in [1.807, 2.05) is 17.5 Å². The summed E-state index contributed by atoms with van der Waals surface area (Å²) in [5.74, 6) is 5.59. The van der Waals surface area contributed by atoms with E-state index >= 15 is 0 Å². The molecule has 9 heteroatoms. The lowest BCUT2D eigenvalue weighted by molar-refractivity contribution is -0.118. The Kier molecular flexibility index (Phi) is 5.34. The third kappa shape index (κ3) is 4.30. The maximum absolute atomic E-state index is 11.7. The Morgan fingerprint density at radius 2 is 2.33 bits per heavy atom. The van der Waals surface area contributed by atoms with E-state index in [9.17, 15) is 9.59 Å². The van der Waals surface area contributed by atoms with Crippen LogP contribution in [0.3, 0.4) is 0 Å². The van der Waals surface area contributed by atoms with Crippen LogP contribution in [0.5, 0.6) is 0 Å². The monoisotopic (exact) mass is 325 g/mol. The fourth-order valence-electron chi connectivity index (χ4n) is 1.53. The highest BCUT2D eigenvalue weighted by atomic mass is 32.2. The second-order valence-electron chi connectivity index (χ2n) is 4.21. The molecular formula is C12H15N5O2S2. The molecule has 0 spiro atoms. The van der Waals surface area contributed by atoms with E-state index in [0.717, 1.165) is 22.9 Å². The van der Waals surface area contributed by atoms with E-state index in [4.69, 9.17) is 5.84 Å². The molecule has 7 nitrogen and oxygen atoms in total. The molecule has 1 amide bonds. The van der Waals surface area contributed by atoms with Gasteiger partial charge in [-0.2, -0.15) is 4.68 Å². The third-order valence-corrected chi connectivity index (χ3v) is 4.51. The first kappa shape index (κ1) is 15.5. The van der Waals surface area contributed by atoms with E-state index < -0.39 is 5.56 Å². The SMILES string of the molecule is Cc1nnc(SCC(=O)NCCc2cccs2)n(N)c1=O. The van der Waals surface area contributed by atoms with Gasteiger partial charge in [-0.05, 0) is 24.8 Å². The highest BCUT2D eigenvalue weighted by Crippen LogP contribution is 2.11. The molecular weight excluding hydrogens is 310 g/mol. The number of rotatable bonds is 6. The molecule has 0 aliphatic rings. The van der Waals surface area contributed by atoms with Crippen LogP contribution < -0.4 is 16.7 Å². The predicted molar refractivity (Wildman–Crippen MR) is 82.9 cm³/mol. The number of nitrogens with one attached hydrogen (secondary N) is 1. The number of thiophene rings is 1. The highest BCUT2D eigenvalue weighted by molar-refractivity contribution is 7.99. The van der Waals surface area contributed by atoms with Gasteiger partial charge in [0.1, 0.15) is 5.69 Å². The molecule has 0 saturated heterocycles. The third-order valence-electron chi connectivity index (χ3n) is 2.63. The van der Waals surface area contributed by atoms with Crippen molar-refractivity contribution in [3.05, 3.63) is 38.4 Å². The molecule has 0 atom stereocenters. The number of nitrogens with zero attached hydrogens (tertiary/aromatic N) is 3. The molecule has 2 heterocycles. The van der Waals surface area contributed by atoms with Crippen LogP contribution in [0.25, 0.3) is 0 Å². The van der Waals surface area contributed by atoms with Crippen LogP contribution in [0.4, 0.5) is 0 Å². The van der Waals surface area contributed by atoms with Crippen LogP contribution in [-0.4, -0.2) is 33.1 Å². The summed E-state index contributed by atoms with van der Waals surface area (Å²) in [5.41, 5.74) is -0.187. The molecule has 112 valence electrons. The fourth-order valence-corrected chi connectivity index (χ4v) is 2.92. The van der Waals surface area contributed by atoms with Gasteiger partial charge in [-0.15, -0.1) is 21.5 Å². The number of aryl methyl sites for hydroxylation is 1. The van der Waals surface area contributed by atoms with Gasteiger partial charge >= 0.3 is 0 Å². The largest absolute Gasteiger partial charge is 0.355 e. The van der Waals surface area contributed by atoms with Crippen molar-refractivity contribution in [3.63, 3.8) is 0 Å². The molecule has 0 aliphatic heterocycles. The van der Waals surface area contributed by atoms with Crippen molar-refractivity contribution in [2.45, 2.75) is 18.5 Å². The number of nitrogen functional groups attached to an aromatic ring is 1. The Hall–Kier alpha value is -1.87. The van der Waals surface area contributed by atoms with Crippen LogP contribution in [0.2, 0.25) is 0 Å². The number of thioether (sulfide) groups is 1. The zero-order valence-electron chi connectivity index (χ0n) is 11.4. The minimum absolute atomic E-state index is 0.133. The van der Waals surface area contributed by atoms with Gasteiger partial charge in [0.05, 0.1) is 5.75 Å². The van der Waals surface area contributed by atoms with E-state index in [2.05, 4.69) is 15.5 Å². The van der Waals surface area contributed by atoms with Crippen LogP contribution in [-0.2, 0) is 11.2 Å². The molecule has 0 fully saturated rings. The molecule has 0 saturated carbocycles. The van der Waals surface area contributed by atoms with Crippen LogP contribution in [0, 0.1) is 6.92 Å². The summed E-state index contributed by atoms with van der Waals surface area (Å²) >= 11 is 2.74. The van der Waals surface area contributed by atoms with E-state index in [1.165, 1.54) is 11.8 Å². The molecule has 0 unspecified atom stereocenters. The van der Waals surface area contributed by atoms with Crippen molar-refractivity contribution in [3.8, 4) is 0 Å². The number of nitrogens with two attached hydrogens (primary N) is 1. The average Bonchev–Trinajstić information content (AvgIpc) is 2.97. The van der Waals surface area contributed by atoms with Crippen molar-refractivity contribution in [2.75, 3.05) is 18.1 Å². The second-order valence-corrected chi connectivity index (χ2v) is 6.19. The number of carbonyl (C=O) groups is 1. The molecule has 0 bridgehead atoms. The minimum atomic E-state index is -0.411. The summed E-state index contributed by atoms with van der Waals surface area (Å²) in [6.45, 7) is 2.11. The first-order chi connectivity index (χ1) is 10.1. The van der Waals surface area contributed by atoms with Crippen LogP contribution in [0.15, 0.2) is 27.5 Å². The van der Waals surface area contributed by atoms with Crippen molar-refractivity contribution < 1.29 is 4.79 Å². The normalized spacial score (nSPS) is 10.5. The highest BCUT2D eigenvalue weighted by Gasteiger charge is 2.10. The van der Waals surface area contributed by atoms with Crippen molar-refractivity contribution >= 4 is 29.0 Å². The summed E-state index contributed by atoms with van der Waals surface area (Å²) in [7, 11) is 0. The van der Waals surface area contributed by atoms with Gasteiger partial charge in [0.15, 0.2) is 0 Å². The molecule has 2 aromatic heterocycles. The number of amides is 1. The van der Waals surface area contributed by atoms with Gasteiger partial charge in [-0.3, -0.25) is 9.59 Å². The quantitative estimate of drug-likeness (QED) is 0.580. The van der Waals surface area contributed by atoms with E-state index in [0.29, 0.717) is 6.54 Å². The lowest BCUT2D eigenvalue weighted by Gasteiger charge is -2.06. The summed E-state index contributed by atoms with van der Waals surface area (Å²) < 4.78 is 0.909. The summed E-state index contributed by atoms with van der Waals surface area (Å²) in [6, 6.07) is 4.01. The molecule has 2 aromatic rings. The van der Waals surface area contributed by atoms with Gasteiger partial charge < -0.3 is 11.2 Å². The van der Waals surface area contributed by atoms with E-state index in [-0.39, 0.29) is 22.5 Å². The van der Waals surface area contributed by atoms with Crippen molar-refractivity contribution in [1.29, 1.82) is 0 Å². The van der Waals surface area contributed by atoms with Crippen molar-refractivity contribution in [1.82, 2.24) is 20.2 Å². The van der Waals surface area contributed by atoms with Crippen molar-refractivity contribution in [2.24, 2.45) is 0 Å². The number of aromatic nitrogens is 3. The topological polar surface area (TPSA) is 103 Å². The Labute approximate surface area is 129 Å². The Morgan fingerprint density at radius 1 is 1.52 bits per heavy atom. The molecule has 21 heavy (non-hydrogen) atoms.